The minimum atomic E-state index is -0.195. The highest BCUT2D eigenvalue weighted by molar-refractivity contribution is 5.91. The monoisotopic (exact) mass is 334 g/mol. The molecule has 3 rings (SSSR count). The Balaban J connectivity index is 1.55. The van der Waals surface area contributed by atoms with E-state index in [1.165, 1.54) is 6.08 Å². The zero-order chi connectivity index (χ0) is 17.5. The van der Waals surface area contributed by atoms with Crippen LogP contribution in [0.1, 0.15) is 11.4 Å². The van der Waals surface area contributed by atoms with E-state index in [1.807, 2.05) is 53.1 Å². The normalized spacial score (nSPS) is 10.9. The molecular weight excluding hydrogens is 316 g/mol. The zero-order valence-electron chi connectivity index (χ0n) is 13.6. The van der Waals surface area contributed by atoms with Crippen LogP contribution in [0.25, 0.3) is 11.7 Å². The molecule has 2 aromatic heterocycles. The number of fused-ring (bicyclic) bond motifs is 1. The van der Waals surface area contributed by atoms with E-state index in [0.29, 0.717) is 19.0 Å². The van der Waals surface area contributed by atoms with Gasteiger partial charge in [0.2, 0.25) is 5.91 Å². The number of carbonyl (C=O) groups is 1. The van der Waals surface area contributed by atoms with Crippen molar-refractivity contribution in [2.24, 2.45) is 0 Å². The second kappa shape index (κ2) is 7.92. The lowest BCUT2D eigenvalue weighted by atomic mass is 10.2. The molecule has 0 fully saturated rings. The van der Waals surface area contributed by atoms with Crippen LogP contribution < -0.4 is 10.1 Å². The summed E-state index contributed by atoms with van der Waals surface area (Å²) in [4.78, 5) is 12.0. The molecule has 6 heteroatoms. The van der Waals surface area contributed by atoms with Gasteiger partial charge in [-0.1, -0.05) is 30.9 Å². The Hall–Kier alpha value is -3.41. The molecule has 3 aromatic rings. The van der Waals surface area contributed by atoms with E-state index in [-0.39, 0.29) is 5.91 Å². The molecule has 1 amide bonds. The molecule has 0 saturated carbocycles. The van der Waals surface area contributed by atoms with Gasteiger partial charge in [-0.3, -0.25) is 9.20 Å². The number of amides is 1. The Morgan fingerprint density at radius 3 is 2.84 bits per heavy atom. The first-order valence-electron chi connectivity index (χ1n) is 7.84. The van der Waals surface area contributed by atoms with Gasteiger partial charge in [0.1, 0.15) is 12.4 Å². The van der Waals surface area contributed by atoms with E-state index in [0.717, 1.165) is 17.0 Å². The number of pyridine rings is 1. The molecule has 0 aliphatic rings. The molecular formula is C19H18N4O2. The first-order valence-corrected chi connectivity index (χ1v) is 7.84. The maximum Gasteiger partial charge on any atom is 0.244 e. The third-order valence-electron chi connectivity index (χ3n) is 3.48. The second-order valence-electron chi connectivity index (χ2n) is 5.26. The molecule has 2 heterocycles. The van der Waals surface area contributed by atoms with Gasteiger partial charge in [0.15, 0.2) is 11.5 Å². The predicted octanol–water partition coefficient (Wildman–Crippen LogP) is 2.62. The summed E-state index contributed by atoms with van der Waals surface area (Å²) in [5, 5.41) is 10.9. The molecule has 0 spiro atoms. The van der Waals surface area contributed by atoms with Gasteiger partial charge in [-0.05, 0) is 35.9 Å². The predicted molar refractivity (Wildman–Crippen MR) is 96.0 cm³/mol. The maximum absolute atomic E-state index is 12.0. The van der Waals surface area contributed by atoms with E-state index >= 15 is 0 Å². The molecule has 1 N–H and O–H groups in total. The molecule has 0 aliphatic carbocycles. The summed E-state index contributed by atoms with van der Waals surface area (Å²) in [5.74, 6) is 1.25. The van der Waals surface area contributed by atoms with Crippen molar-refractivity contribution in [3.8, 4) is 5.75 Å². The fourth-order valence-corrected chi connectivity index (χ4v) is 2.24. The fourth-order valence-electron chi connectivity index (χ4n) is 2.24. The average Bonchev–Trinajstić information content (AvgIpc) is 3.07. The average molecular weight is 334 g/mol. The molecule has 6 nitrogen and oxygen atoms in total. The molecule has 25 heavy (non-hydrogen) atoms. The van der Waals surface area contributed by atoms with Crippen molar-refractivity contribution in [3.05, 3.63) is 78.8 Å². The lowest BCUT2D eigenvalue weighted by Gasteiger charge is -2.03. The van der Waals surface area contributed by atoms with E-state index in [9.17, 15) is 4.79 Å². The summed E-state index contributed by atoms with van der Waals surface area (Å²) in [6.45, 7) is 4.38. The van der Waals surface area contributed by atoms with Crippen LogP contribution in [0.4, 0.5) is 0 Å². The minimum absolute atomic E-state index is 0.195. The third kappa shape index (κ3) is 4.32. The van der Waals surface area contributed by atoms with Crippen molar-refractivity contribution in [2.45, 2.75) is 6.54 Å². The largest absolute Gasteiger partial charge is 0.490 e. The zero-order valence-corrected chi connectivity index (χ0v) is 13.6. The van der Waals surface area contributed by atoms with Crippen LogP contribution in [0.2, 0.25) is 0 Å². The maximum atomic E-state index is 12.0. The summed E-state index contributed by atoms with van der Waals surface area (Å²) < 4.78 is 7.25. The Morgan fingerprint density at radius 2 is 2.04 bits per heavy atom. The van der Waals surface area contributed by atoms with Crippen LogP contribution in [0.15, 0.2) is 67.4 Å². The van der Waals surface area contributed by atoms with Crippen molar-refractivity contribution in [1.82, 2.24) is 19.9 Å². The van der Waals surface area contributed by atoms with Gasteiger partial charge < -0.3 is 10.1 Å². The van der Waals surface area contributed by atoms with Gasteiger partial charge in [-0.15, -0.1) is 10.2 Å². The van der Waals surface area contributed by atoms with Gasteiger partial charge in [0, 0.05) is 12.3 Å². The van der Waals surface area contributed by atoms with E-state index in [2.05, 4.69) is 22.1 Å². The molecule has 0 bridgehead atoms. The highest BCUT2D eigenvalue weighted by Gasteiger charge is 2.05. The minimum Gasteiger partial charge on any atom is -0.490 e. The van der Waals surface area contributed by atoms with Crippen molar-refractivity contribution in [1.29, 1.82) is 0 Å². The number of carbonyl (C=O) groups excluding carboxylic acids is 1. The van der Waals surface area contributed by atoms with Crippen molar-refractivity contribution < 1.29 is 9.53 Å². The molecule has 0 unspecified atom stereocenters. The molecule has 0 saturated heterocycles. The van der Waals surface area contributed by atoms with E-state index in [1.54, 1.807) is 12.2 Å². The van der Waals surface area contributed by atoms with Gasteiger partial charge in [0.25, 0.3) is 0 Å². The topological polar surface area (TPSA) is 68.5 Å². The number of hydrogen-bond acceptors (Lipinski definition) is 4. The standard InChI is InChI=1S/C19H18N4O2/c1-2-13-25-16-9-6-15(7-10-16)8-11-19(24)20-14-18-22-21-17-5-3-4-12-23(17)18/h2-12H,1,13-14H2,(H,20,24)/b11-8+. The van der Waals surface area contributed by atoms with Crippen LogP contribution in [-0.4, -0.2) is 27.1 Å². The Kier molecular flexibility index (Phi) is 5.21. The number of rotatable bonds is 7. The summed E-state index contributed by atoms with van der Waals surface area (Å²) in [7, 11) is 0. The SMILES string of the molecule is C=CCOc1ccc(/C=C/C(=O)NCc2nnc3ccccn23)cc1. The lowest BCUT2D eigenvalue weighted by molar-refractivity contribution is -0.116. The molecule has 0 atom stereocenters. The first kappa shape index (κ1) is 16.4. The van der Waals surface area contributed by atoms with Crippen molar-refractivity contribution in [3.63, 3.8) is 0 Å². The summed E-state index contributed by atoms with van der Waals surface area (Å²) >= 11 is 0. The van der Waals surface area contributed by atoms with Gasteiger partial charge in [-0.2, -0.15) is 0 Å². The summed E-state index contributed by atoms with van der Waals surface area (Å²) in [6, 6.07) is 13.1. The Labute approximate surface area is 145 Å². The lowest BCUT2D eigenvalue weighted by Crippen LogP contribution is -2.21. The summed E-state index contributed by atoms with van der Waals surface area (Å²) in [5.41, 5.74) is 1.66. The third-order valence-corrected chi connectivity index (χ3v) is 3.48. The van der Waals surface area contributed by atoms with E-state index in [4.69, 9.17) is 4.74 Å². The summed E-state index contributed by atoms with van der Waals surface area (Å²) in [6.07, 6.45) is 6.79. The fraction of sp³-hybridized carbons (Fsp3) is 0.105. The van der Waals surface area contributed by atoms with Crippen LogP contribution in [0.3, 0.4) is 0 Å². The quantitative estimate of drug-likeness (QED) is 0.533. The number of nitrogens with zero attached hydrogens (tertiary/aromatic N) is 3. The van der Waals surface area contributed by atoms with Crippen LogP contribution in [-0.2, 0) is 11.3 Å². The number of benzene rings is 1. The first-order chi connectivity index (χ1) is 12.3. The number of nitrogens with one attached hydrogen (secondary N) is 1. The van der Waals surface area contributed by atoms with Gasteiger partial charge in [0.05, 0.1) is 6.54 Å². The molecule has 0 radical (unpaired) electrons. The van der Waals surface area contributed by atoms with Crippen LogP contribution in [0, 0.1) is 0 Å². The number of hydrogen-bond donors (Lipinski definition) is 1. The highest BCUT2D eigenvalue weighted by atomic mass is 16.5. The van der Waals surface area contributed by atoms with E-state index < -0.39 is 0 Å². The molecule has 126 valence electrons. The smallest absolute Gasteiger partial charge is 0.244 e. The van der Waals surface area contributed by atoms with Crippen molar-refractivity contribution in [2.75, 3.05) is 6.61 Å². The van der Waals surface area contributed by atoms with Gasteiger partial charge >= 0.3 is 0 Å². The number of ether oxygens (including phenoxy) is 1. The van der Waals surface area contributed by atoms with Crippen LogP contribution in [0.5, 0.6) is 5.75 Å². The molecule has 0 aliphatic heterocycles. The van der Waals surface area contributed by atoms with Gasteiger partial charge in [-0.25, -0.2) is 0 Å². The second-order valence-corrected chi connectivity index (χ2v) is 5.26. The van der Waals surface area contributed by atoms with Crippen molar-refractivity contribution >= 4 is 17.6 Å². The number of aromatic nitrogens is 3. The van der Waals surface area contributed by atoms with Crippen LogP contribution >= 0.6 is 0 Å². The Bertz CT molecular complexity index is 897. The Morgan fingerprint density at radius 1 is 1.20 bits per heavy atom. The highest BCUT2D eigenvalue weighted by Crippen LogP contribution is 2.13. The molecule has 1 aromatic carbocycles.